The Bertz CT molecular complexity index is 325. The van der Waals surface area contributed by atoms with E-state index in [1.165, 1.54) is 0 Å². The quantitative estimate of drug-likeness (QED) is 0.724. The van der Waals surface area contributed by atoms with Crippen LogP contribution in [0.4, 0.5) is 4.39 Å². The van der Waals surface area contributed by atoms with E-state index in [4.69, 9.17) is 5.73 Å². The molecular formula is C9H9FIN. The second-order valence-electron chi connectivity index (χ2n) is 3.10. The smallest absolute Gasteiger partial charge is 0.127 e. The predicted molar refractivity (Wildman–Crippen MR) is 54.4 cm³/mol. The molecule has 1 nitrogen and oxygen atoms in total. The topological polar surface area (TPSA) is 26.0 Å². The molecule has 2 N–H and O–H groups in total. The molecule has 0 saturated heterocycles. The Morgan fingerprint density at radius 3 is 3.00 bits per heavy atom. The molecule has 1 aromatic carbocycles. The van der Waals surface area contributed by atoms with Crippen molar-refractivity contribution in [1.82, 2.24) is 0 Å². The highest BCUT2D eigenvalue weighted by molar-refractivity contribution is 14.1. The molecule has 0 spiro atoms. The first-order valence-corrected chi connectivity index (χ1v) is 5.00. The van der Waals surface area contributed by atoms with Crippen molar-refractivity contribution >= 4 is 22.6 Å². The molecule has 0 radical (unpaired) electrons. The summed E-state index contributed by atoms with van der Waals surface area (Å²) in [7, 11) is 0. The van der Waals surface area contributed by atoms with Crippen molar-refractivity contribution in [2.45, 2.75) is 18.9 Å². The summed E-state index contributed by atoms with van der Waals surface area (Å²) in [5.41, 5.74) is 7.64. The van der Waals surface area contributed by atoms with Gasteiger partial charge in [-0.3, -0.25) is 0 Å². The van der Waals surface area contributed by atoms with Gasteiger partial charge in [0.25, 0.3) is 0 Å². The summed E-state index contributed by atoms with van der Waals surface area (Å²) in [6.07, 6.45) is 1.67. The summed E-state index contributed by atoms with van der Waals surface area (Å²) in [4.78, 5) is 0. The van der Waals surface area contributed by atoms with Gasteiger partial charge in [-0.25, -0.2) is 4.39 Å². The molecule has 0 heterocycles. The predicted octanol–water partition coefficient (Wildman–Crippen LogP) is 2.38. The van der Waals surface area contributed by atoms with Gasteiger partial charge in [0.1, 0.15) is 5.82 Å². The normalized spacial score (nSPS) is 21.1. The number of nitrogens with two attached hydrogens (primary N) is 1. The van der Waals surface area contributed by atoms with E-state index < -0.39 is 0 Å². The lowest BCUT2D eigenvalue weighted by Gasteiger charge is -2.05. The Kier molecular flexibility index (Phi) is 2.08. The van der Waals surface area contributed by atoms with Gasteiger partial charge in [-0.05, 0) is 58.7 Å². The standard InChI is InChI=1S/C9H9FIN/c10-8-4-5(11)3-7-6(8)1-2-9(7)12/h3-4,9H,1-2,12H2/t9-/m0/s1. The molecule has 0 amide bonds. The molecule has 12 heavy (non-hydrogen) atoms. The molecule has 0 aliphatic heterocycles. The van der Waals surface area contributed by atoms with Crippen LogP contribution in [-0.2, 0) is 6.42 Å². The third-order valence-electron chi connectivity index (χ3n) is 2.30. The molecule has 0 unspecified atom stereocenters. The molecule has 0 fully saturated rings. The van der Waals surface area contributed by atoms with Gasteiger partial charge in [0.05, 0.1) is 0 Å². The molecule has 1 atom stereocenters. The second-order valence-corrected chi connectivity index (χ2v) is 4.35. The minimum Gasteiger partial charge on any atom is -0.324 e. The van der Waals surface area contributed by atoms with E-state index in [0.717, 1.165) is 27.5 Å². The Morgan fingerprint density at radius 1 is 1.50 bits per heavy atom. The first kappa shape index (κ1) is 8.44. The van der Waals surface area contributed by atoms with Crippen molar-refractivity contribution in [3.63, 3.8) is 0 Å². The van der Waals surface area contributed by atoms with Gasteiger partial charge >= 0.3 is 0 Å². The second kappa shape index (κ2) is 2.96. The molecule has 1 aliphatic carbocycles. The monoisotopic (exact) mass is 277 g/mol. The average molecular weight is 277 g/mol. The van der Waals surface area contributed by atoms with E-state index in [1.54, 1.807) is 6.07 Å². The zero-order valence-electron chi connectivity index (χ0n) is 6.48. The van der Waals surface area contributed by atoms with Crippen molar-refractivity contribution in [3.8, 4) is 0 Å². The largest absolute Gasteiger partial charge is 0.324 e. The van der Waals surface area contributed by atoms with Gasteiger partial charge in [0.15, 0.2) is 0 Å². The SMILES string of the molecule is N[C@H]1CCc2c(F)cc(I)cc21. The zero-order valence-corrected chi connectivity index (χ0v) is 8.64. The van der Waals surface area contributed by atoms with Gasteiger partial charge in [0, 0.05) is 9.61 Å². The lowest BCUT2D eigenvalue weighted by molar-refractivity contribution is 0.611. The van der Waals surface area contributed by atoms with Crippen LogP contribution in [0.25, 0.3) is 0 Å². The van der Waals surface area contributed by atoms with Crippen molar-refractivity contribution in [3.05, 3.63) is 32.6 Å². The third kappa shape index (κ3) is 1.25. The molecule has 64 valence electrons. The number of halogens is 2. The van der Waals surface area contributed by atoms with Gasteiger partial charge in [-0.15, -0.1) is 0 Å². The van der Waals surface area contributed by atoms with Crippen LogP contribution in [0.3, 0.4) is 0 Å². The maximum atomic E-state index is 13.3. The van der Waals surface area contributed by atoms with Crippen LogP contribution in [0.5, 0.6) is 0 Å². The molecule has 1 aromatic rings. The fraction of sp³-hybridized carbons (Fsp3) is 0.333. The number of benzene rings is 1. The lowest BCUT2D eigenvalue weighted by atomic mass is 10.1. The summed E-state index contributed by atoms with van der Waals surface area (Å²) in [6, 6.07) is 3.60. The number of hydrogen-bond donors (Lipinski definition) is 1. The van der Waals surface area contributed by atoms with E-state index in [9.17, 15) is 4.39 Å². The van der Waals surface area contributed by atoms with Crippen LogP contribution in [0.15, 0.2) is 12.1 Å². The Labute approximate surface area is 84.3 Å². The molecule has 1 aliphatic rings. The van der Waals surface area contributed by atoms with Crippen LogP contribution in [0.2, 0.25) is 0 Å². The van der Waals surface area contributed by atoms with Crippen molar-refractivity contribution in [2.75, 3.05) is 0 Å². The van der Waals surface area contributed by atoms with E-state index in [0.29, 0.717) is 0 Å². The van der Waals surface area contributed by atoms with Gasteiger partial charge in [-0.2, -0.15) is 0 Å². The van der Waals surface area contributed by atoms with Crippen LogP contribution in [0, 0.1) is 9.39 Å². The fourth-order valence-electron chi connectivity index (χ4n) is 1.67. The molecule has 0 bridgehead atoms. The highest BCUT2D eigenvalue weighted by atomic mass is 127. The van der Waals surface area contributed by atoms with Crippen LogP contribution in [0.1, 0.15) is 23.6 Å². The fourth-order valence-corrected chi connectivity index (χ4v) is 2.28. The number of hydrogen-bond acceptors (Lipinski definition) is 1. The Hall–Kier alpha value is -0.160. The van der Waals surface area contributed by atoms with E-state index in [2.05, 4.69) is 22.6 Å². The van der Waals surface area contributed by atoms with Crippen LogP contribution in [-0.4, -0.2) is 0 Å². The zero-order chi connectivity index (χ0) is 8.72. The van der Waals surface area contributed by atoms with E-state index in [1.807, 2.05) is 6.07 Å². The Morgan fingerprint density at radius 2 is 2.25 bits per heavy atom. The van der Waals surface area contributed by atoms with Gasteiger partial charge < -0.3 is 5.73 Å². The van der Waals surface area contributed by atoms with Crippen molar-refractivity contribution < 1.29 is 4.39 Å². The summed E-state index contributed by atoms with van der Waals surface area (Å²) in [6.45, 7) is 0. The maximum Gasteiger partial charge on any atom is 0.127 e. The van der Waals surface area contributed by atoms with Gasteiger partial charge in [-0.1, -0.05) is 0 Å². The molecule has 0 saturated carbocycles. The van der Waals surface area contributed by atoms with E-state index >= 15 is 0 Å². The summed E-state index contributed by atoms with van der Waals surface area (Å²) < 4.78 is 14.2. The summed E-state index contributed by atoms with van der Waals surface area (Å²) >= 11 is 2.11. The number of fused-ring (bicyclic) bond motifs is 1. The van der Waals surface area contributed by atoms with Crippen molar-refractivity contribution in [1.29, 1.82) is 0 Å². The van der Waals surface area contributed by atoms with Crippen LogP contribution >= 0.6 is 22.6 Å². The van der Waals surface area contributed by atoms with Gasteiger partial charge in [0.2, 0.25) is 0 Å². The molecule has 0 aromatic heterocycles. The minimum atomic E-state index is -0.0927. The van der Waals surface area contributed by atoms with Crippen molar-refractivity contribution in [2.24, 2.45) is 5.73 Å². The highest BCUT2D eigenvalue weighted by Crippen LogP contribution is 2.32. The number of rotatable bonds is 0. The maximum absolute atomic E-state index is 13.3. The summed E-state index contributed by atoms with van der Waals surface area (Å²) in [5, 5.41) is 0. The highest BCUT2D eigenvalue weighted by Gasteiger charge is 2.22. The minimum absolute atomic E-state index is 0.0456. The average Bonchev–Trinajstić information content (AvgIpc) is 2.33. The van der Waals surface area contributed by atoms with Crippen LogP contribution < -0.4 is 5.73 Å². The lowest BCUT2D eigenvalue weighted by Crippen LogP contribution is -2.05. The first-order valence-electron chi connectivity index (χ1n) is 3.92. The molecular weight excluding hydrogens is 268 g/mol. The summed E-state index contributed by atoms with van der Waals surface area (Å²) in [5.74, 6) is -0.0927. The molecule has 2 rings (SSSR count). The third-order valence-corrected chi connectivity index (χ3v) is 2.92. The molecule has 3 heteroatoms. The van der Waals surface area contributed by atoms with E-state index in [-0.39, 0.29) is 11.9 Å². The first-order chi connectivity index (χ1) is 5.68. The Balaban J connectivity index is 2.60.